The minimum absolute atomic E-state index is 0.143. The Morgan fingerprint density at radius 3 is 2.87 bits per heavy atom. The van der Waals surface area contributed by atoms with E-state index in [1.165, 1.54) is 0 Å². The van der Waals surface area contributed by atoms with Gasteiger partial charge in [0.05, 0.1) is 10.2 Å². The number of ketones is 1. The highest BCUT2D eigenvalue weighted by molar-refractivity contribution is 14.1. The van der Waals surface area contributed by atoms with Gasteiger partial charge in [-0.25, -0.2) is 0 Å². The topological polar surface area (TPSA) is 26.3 Å². The quantitative estimate of drug-likeness (QED) is 0.441. The molecule has 1 aromatic rings. The molecule has 0 bridgehead atoms. The molecule has 1 aromatic carbocycles. The lowest BCUT2D eigenvalue weighted by Gasteiger charge is -2.07. The summed E-state index contributed by atoms with van der Waals surface area (Å²) < 4.78 is 6.47. The molecule has 0 saturated carbocycles. The summed E-state index contributed by atoms with van der Waals surface area (Å²) in [6, 6.07) is 5.57. The average Bonchev–Trinajstić information content (AvgIpc) is 2.22. The molecule has 0 heterocycles. The summed E-state index contributed by atoms with van der Waals surface area (Å²) in [6.07, 6.45) is 0.520. The predicted molar refractivity (Wildman–Crippen MR) is 73.1 cm³/mol. The second-order valence-electron chi connectivity index (χ2n) is 2.94. The summed E-state index contributed by atoms with van der Waals surface area (Å²) in [7, 11) is 0. The van der Waals surface area contributed by atoms with E-state index in [0.717, 1.165) is 14.9 Å². The van der Waals surface area contributed by atoms with Crippen LogP contribution in [0.1, 0.15) is 23.7 Å². The standard InChI is InChI=1S/C11H12BrIO2/c1-2-15-11-7-8(3-4-9(11)13)10(14)5-6-12/h3-4,7H,2,5-6H2,1H3. The van der Waals surface area contributed by atoms with Crippen LogP contribution in [0.5, 0.6) is 5.75 Å². The van der Waals surface area contributed by atoms with Crippen LogP contribution in [0.2, 0.25) is 0 Å². The summed E-state index contributed by atoms with van der Waals surface area (Å²) in [4.78, 5) is 11.6. The maximum absolute atomic E-state index is 11.6. The van der Waals surface area contributed by atoms with Gasteiger partial charge in [-0.15, -0.1) is 0 Å². The van der Waals surface area contributed by atoms with Crippen molar-refractivity contribution in [1.29, 1.82) is 0 Å². The van der Waals surface area contributed by atoms with Crippen molar-refractivity contribution < 1.29 is 9.53 Å². The van der Waals surface area contributed by atoms with Crippen LogP contribution in [-0.4, -0.2) is 17.7 Å². The van der Waals surface area contributed by atoms with Crippen LogP contribution in [0.15, 0.2) is 18.2 Å². The van der Waals surface area contributed by atoms with Gasteiger partial charge in [-0.1, -0.05) is 22.0 Å². The molecule has 0 aromatic heterocycles. The Labute approximate surface area is 112 Å². The normalized spacial score (nSPS) is 10.1. The van der Waals surface area contributed by atoms with Gasteiger partial charge in [0.15, 0.2) is 5.78 Å². The van der Waals surface area contributed by atoms with Crippen molar-refractivity contribution in [1.82, 2.24) is 0 Å². The molecule has 0 aliphatic carbocycles. The number of hydrogen-bond donors (Lipinski definition) is 0. The van der Waals surface area contributed by atoms with Crippen molar-refractivity contribution in [3.63, 3.8) is 0 Å². The van der Waals surface area contributed by atoms with Gasteiger partial charge < -0.3 is 4.74 Å². The Morgan fingerprint density at radius 2 is 2.27 bits per heavy atom. The molecule has 0 radical (unpaired) electrons. The van der Waals surface area contributed by atoms with Crippen molar-refractivity contribution >= 4 is 44.3 Å². The molecule has 2 nitrogen and oxygen atoms in total. The molecule has 0 fully saturated rings. The molecule has 0 atom stereocenters. The molecule has 15 heavy (non-hydrogen) atoms. The molecule has 82 valence electrons. The zero-order valence-electron chi connectivity index (χ0n) is 8.43. The maximum atomic E-state index is 11.6. The molecule has 0 unspecified atom stereocenters. The number of ether oxygens (including phenoxy) is 1. The first-order valence-corrected chi connectivity index (χ1v) is 6.90. The van der Waals surface area contributed by atoms with E-state index < -0.39 is 0 Å². The summed E-state index contributed by atoms with van der Waals surface area (Å²) in [6.45, 7) is 2.55. The summed E-state index contributed by atoms with van der Waals surface area (Å²) in [5.74, 6) is 0.933. The number of rotatable bonds is 5. The van der Waals surface area contributed by atoms with Gasteiger partial charge in [0, 0.05) is 17.3 Å². The van der Waals surface area contributed by atoms with Gasteiger partial charge in [-0.05, 0) is 41.6 Å². The number of hydrogen-bond acceptors (Lipinski definition) is 2. The van der Waals surface area contributed by atoms with Crippen LogP contribution in [0, 0.1) is 3.57 Å². The van der Waals surface area contributed by atoms with E-state index in [2.05, 4.69) is 38.5 Å². The molecular formula is C11H12BrIO2. The molecule has 1 rings (SSSR count). The minimum Gasteiger partial charge on any atom is -0.493 e. The summed E-state index contributed by atoms with van der Waals surface area (Å²) in [5.41, 5.74) is 0.721. The van der Waals surface area contributed by atoms with Crippen LogP contribution < -0.4 is 4.74 Å². The fourth-order valence-corrected chi connectivity index (χ4v) is 2.02. The van der Waals surface area contributed by atoms with Crippen LogP contribution in [0.25, 0.3) is 0 Å². The minimum atomic E-state index is 0.143. The lowest BCUT2D eigenvalue weighted by molar-refractivity contribution is 0.0989. The van der Waals surface area contributed by atoms with Gasteiger partial charge in [0.2, 0.25) is 0 Å². The summed E-state index contributed by atoms with van der Waals surface area (Å²) in [5, 5.41) is 0.696. The molecule has 0 N–H and O–H groups in total. The van der Waals surface area contributed by atoms with Gasteiger partial charge in [0.25, 0.3) is 0 Å². The van der Waals surface area contributed by atoms with Gasteiger partial charge in [-0.3, -0.25) is 4.79 Å². The number of benzene rings is 1. The summed E-state index contributed by atoms with van der Waals surface area (Å²) >= 11 is 5.46. The van der Waals surface area contributed by atoms with E-state index in [0.29, 0.717) is 18.4 Å². The lowest BCUT2D eigenvalue weighted by Crippen LogP contribution is -2.01. The lowest BCUT2D eigenvalue weighted by atomic mass is 10.1. The zero-order chi connectivity index (χ0) is 11.3. The van der Waals surface area contributed by atoms with Crippen LogP contribution in [-0.2, 0) is 0 Å². The Morgan fingerprint density at radius 1 is 1.53 bits per heavy atom. The molecular weight excluding hydrogens is 371 g/mol. The van der Waals surface area contributed by atoms with E-state index in [4.69, 9.17) is 4.74 Å². The highest BCUT2D eigenvalue weighted by Gasteiger charge is 2.08. The third kappa shape index (κ3) is 3.75. The van der Waals surface area contributed by atoms with Crippen molar-refractivity contribution in [3.8, 4) is 5.75 Å². The third-order valence-corrected chi connectivity index (χ3v) is 3.16. The first kappa shape index (κ1) is 13.0. The van der Waals surface area contributed by atoms with Crippen LogP contribution in [0.4, 0.5) is 0 Å². The Kier molecular flexibility index (Phi) is 5.60. The Balaban J connectivity index is 2.91. The molecule has 0 saturated heterocycles. The fourth-order valence-electron chi connectivity index (χ4n) is 1.17. The van der Waals surface area contributed by atoms with E-state index in [1.54, 1.807) is 0 Å². The highest BCUT2D eigenvalue weighted by Crippen LogP contribution is 2.23. The zero-order valence-corrected chi connectivity index (χ0v) is 12.2. The first-order chi connectivity index (χ1) is 7.19. The van der Waals surface area contributed by atoms with Gasteiger partial charge in [-0.2, -0.15) is 0 Å². The van der Waals surface area contributed by atoms with Crippen LogP contribution >= 0.6 is 38.5 Å². The monoisotopic (exact) mass is 382 g/mol. The molecule has 4 heteroatoms. The van der Waals surface area contributed by atoms with Crippen LogP contribution in [0.3, 0.4) is 0 Å². The Hall–Kier alpha value is -0.100. The maximum Gasteiger partial charge on any atom is 0.163 e. The second-order valence-corrected chi connectivity index (χ2v) is 4.90. The van der Waals surface area contributed by atoms with E-state index >= 15 is 0 Å². The second kappa shape index (κ2) is 6.48. The van der Waals surface area contributed by atoms with Gasteiger partial charge >= 0.3 is 0 Å². The third-order valence-electron chi connectivity index (χ3n) is 1.87. The van der Waals surface area contributed by atoms with Crippen molar-refractivity contribution in [2.45, 2.75) is 13.3 Å². The van der Waals surface area contributed by atoms with Crippen molar-refractivity contribution in [2.24, 2.45) is 0 Å². The number of Topliss-reactive ketones (excluding diaryl/α,β-unsaturated/α-hetero) is 1. The Bertz CT molecular complexity index is 352. The number of halogens is 2. The number of alkyl halides is 1. The smallest absolute Gasteiger partial charge is 0.163 e. The van der Waals surface area contributed by atoms with E-state index in [9.17, 15) is 4.79 Å². The highest BCUT2D eigenvalue weighted by atomic mass is 127. The largest absolute Gasteiger partial charge is 0.493 e. The fraction of sp³-hybridized carbons (Fsp3) is 0.364. The first-order valence-electron chi connectivity index (χ1n) is 4.70. The molecule has 0 aliphatic rings. The molecule has 0 spiro atoms. The average molecular weight is 383 g/mol. The van der Waals surface area contributed by atoms with E-state index in [1.807, 2.05) is 25.1 Å². The van der Waals surface area contributed by atoms with Crippen molar-refractivity contribution in [2.75, 3.05) is 11.9 Å². The SMILES string of the molecule is CCOc1cc(C(=O)CCBr)ccc1I. The van der Waals surface area contributed by atoms with Gasteiger partial charge in [0.1, 0.15) is 5.75 Å². The van der Waals surface area contributed by atoms with E-state index in [-0.39, 0.29) is 5.78 Å². The number of carbonyl (C=O) groups excluding carboxylic acids is 1. The molecule has 0 aliphatic heterocycles. The predicted octanol–water partition coefficient (Wildman–Crippen LogP) is 3.66. The van der Waals surface area contributed by atoms with Crippen molar-refractivity contribution in [3.05, 3.63) is 27.3 Å². The number of carbonyl (C=O) groups is 1. The molecule has 0 amide bonds.